The van der Waals surface area contributed by atoms with Gasteiger partial charge in [-0.2, -0.15) is 0 Å². The van der Waals surface area contributed by atoms with Gasteiger partial charge < -0.3 is 15.0 Å². The first-order chi connectivity index (χ1) is 12.8. The Hall–Kier alpha value is -2.08. The Bertz CT molecular complexity index is 620. The summed E-state index contributed by atoms with van der Waals surface area (Å²) in [6, 6.07) is 7.84. The van der Waals surface area contributed by atoms with Gasteiger partial charge >= 0.3 is 0 Å². The van der Waals surface area contributed by atoms with Gasteiger partial charge in [0.15, 0.2) is 0 Å². The highest BCUT2D eigenvalue weighted by Crippen LogP contribution is 2.14. The molecule has 1 saturated heterocycles. The van der Waals surface area contributed by atoms with E-state index in [1.54, 1.807) is 7.11 Å². The average Bonchev–Trinajstić information content (AvgIpc) is 2.66. The van der Waals surface area contributed by atoms with E-state index in [4.69, 9.17) is 4.74 Å². The molecule has 1 aromatic carbocycles. The van der Waals surface area contributed by atoms with Crippen molar-refractivity contribution in [2.75, 3.05) is 39.8 Å². The number of methoxy groups -OCH3 is 1. The van der Waals surface area contributed by atoms with Crippen LogP contribution in [0.1, 0.15) is 39.2 Å². The number of hydrogen-bond donors (Lipinski definition) is 1. The van der Waals surface area contributed by atoms with Gasteiger partial charge in [0.2, 0.25) is 11.8 Å². The summed E-state index contributed by atoms with van der Waals surface area (Å²) < 4.78 is 5.15. The maximum Gasteiger partial charge on any atom is 0.234 e. The molecule has 27 heavy (non-hydrogen) atoms. The van der Waals surface area contributed by atoms with E-state index < -0.39 is 0 Å². The van der Waals surface area contributed by atoms with E-state index in [1.807, 2.05) is 43.0 Å². The second-order valence-electron chi connectivity index (χ2n) is 7.79. The van der Waals surface area contributed by atoms with Gasteiger partial charge in [-0.25, -0.2) is 0 Å². The van der Waals surface area contributed by atoms with Gasteiger partial charge in [-0.15, -0.1) is 0 Å². The third kappa shape index (κ3) is 6.86. The molecule has 2 amide bonds. The van der Waals surface area contributed by atoms with Gasteiger partial charge in [0.05, 0.1) is 13.7 Å². The normalized spacial score (nSPS) is 15.5. The third-order valence-corrected chi connectivity index (χ3v) is 5.24. The highest BCUT2D eigenvalue weighted by Gasteiger charge is 2.24. The molecule has 1 aliphatic rings. The van der Waals surface area contributed by atoms with Gasteiger partial charge in [0, 0.05) is 38.1 Å². The molecule has 150 valence electrons. The van der Waals surface area contributed by atoms with E-state index in [0.29, 0.717) is 26.1 Å². The maximum atomic E-state index is 12.5. The summed E-state index contributed by atoms with van der Waals surface area (Å²) in [6.45, 7) is 9.39. The van der Waals surface area contributed by atoms with Crippen molar-refractivity contribution < 1.29 is 14.3 Å². The molecule has 0 spiro atoms. The molecular weight excluding hydrogens is 342 g/mol. The molecule has 0 atom stereocenters. The third-order valence-electron chi connectivity index (χ3n) is 5.24. The van der Waals surface area contributed by atoms with Crippen LogP contribution < -0.4 is 10.1 Å². The molecule has 1 heterocycles. The van der Waals surface area contributed by atoms with E-state index in [1.165, 1.54) is 0 Å². The first-order valence-corrected chi connectivity index (χ1v) is 9.77. The maximum absolute atomic E-state index is 12.5. The van der Waals surface area contributed by atoms with Gasteiger partial charge in [-0.05, 0) is 44.4 Å². The second kappa shape index (κ2) is 9.74. The molecule has 0 aliphatic carbocycles. The Balaban J connectivity index is 1.71. The van der Waals surface area contributed by atoms with Crippen LogP contribution in [0.3, 0.4) is 0 Å². The van der Waals surface area contributed by atoms with E-state index in [2.05, 4.69) is 17.1 Å². The van der Waals surface area contributed by atoms with Gasteiger partial charge in [-0.3, -0.25) is 14.5 Å². The molecule has 1 N–H and O–H groups in total. The molecule has 0 radical (unpaired) electrons. The fraction of sp³-hybridized carbons (Fsp3) is 0.619. The van der Waals surface area contributed by atoms with Crippen molar-refractivity contribution >= 4 is 11.8 Å². The molecule has 1 aliphatic heterocycles. The molecule has 6 heteroatoms. The summed E-state index contributed by atoms with van der Waals surface area (Å²) in [5, 5.41) is 3.06. The second-order valence-corrected chi connectivity index (χ2v) is 7.79. The summed E-state index contributed by atoms with van der Waals surface area (Å²) in [7, 11) is 1.65. The van der Waals surface area contributed by atoms with Crippen LogP contribution in [-0.2, 0) is 16.0 Å². The quantitative estimate of drug-likeness (QED) is 0.756. The lowest BCUT2D eigenvalue weighted by molar-refractivity contribution is -0.133. The van der Waals surface area contributed by atoms with Crippen molar-refractivity contribution in [2.45, 2.75) is 45.6 Å². The minimum atomic E-state index is -0.170. The first-order valence-electron chi connectivity index (χ1n) is 9.77. The number of nitrogens with zero attached hydrogens (tertiary/aromatic N) is 2. The fourth-order valence-corrected chi connectivity index (χ4v) is 3.07. The SMILES string of the molecule is CCC(C)(C)NC(=O)CN1CCN(C(=O)CCc2ccc(OC)cc2)CC1. The Kier molecular flexibility index (Phi) is 7.66. The van der Waals surface area contributed by atoms with Crippen LogP contribution in [0.15, 0.2) is 24.3 Å². The monoisotopic (exact) mass is 375 g/mol. The zero-order chi connectivity index (χ0) is 19.9. The number of amides is 2. The predicted octanol–water partition coefficient (Wildman–Crippen LogP) is 2.08. The smallest absolute Gasteiger partial charge is 0.234 e. The van der Waals surface area contributed by atoms with Crippen molar-refractivity contribution in [3.63, 3.8) is 0 Å². The minimum absolute atomic E-state index is 0.0566. The van der Waals surface area contributed by atoms with Crippen LogP contribution in [0, 0.1) is 0 Å². The standard InChI is InChI=1S/C21H33N3O3/c1-5-21(2,3)22-19(25)16-23-12-14-24(15-13-23)20(26)11-8-17-6-9-18(27-4)10-7-17/h6-7,9-10H,5,8,11-16H2,1-4H3,(H,22,25). The van der Waals surface area contributed by atoms with Crippen molar-refractivity contribution in [2.24, 2.45) is 0 Å². The lowest BCUT2D eigenvalue weighted by Gasteiger charge is -2.35. The van der Waals surface area contributed by atoms with Gasteiger partial charge in [0.1, 0.15) is 5.75 Å². The molecule has 0 bridgehead atoms. The topological polar surface area (TPSA) is 61.9 Å². The summed E-state index contributed by atoms with van der Waals surface area (Å²) in [5.74, 6) is 1.07. The number of piperazine rings is 1. The number of carbonyl (C=O) groups is 2. The number of carbonyl (C=O) groups excluding carboxylic acids is 2. The molecule has 0 saturated carbocycles. The lowest BCUT2D eigenvalue weighted by atomic mass is 10.0. The van der Waals surface area contributed by atoms with Crippen molar-refractivity contribution in [3.05, 3.63) is 29.8 Å². The van der Waals surface area contributed by atoms with Crippen LogP contribution in [0.25, 0.3) is 0 Å². The van der Waals surface area contributed by atoms with Crippen LogP contribution in [0.5, 0.6) is 5.75 Å². The largest absolute Gasteiger partial charge is 0.497 e. The average molecular weight is 376 g/mol. The van der Waals surface area contributed by atoms with Crippen molar-refractivity contribution in [3.8, 4) is 5.75 Å². The summed E-state index contributed by atoms with van der Waals surface area (Å²) >= 11 is 0. The summed E-state index contributed by atoms with van der Waals surface area (Å²) in [5.41, 5.74) is 0.967. The molecular formula is C21H33N3O3. The number of ether oxygens (including phenoxy) is 1. The minimum Gasteiger partial charge on any atom is -0.497 e. The summed E-state index contributed by atoms with van der Waals surface area (Å²) in [6.07, 6.45) is 2.14. The number of aryl methyl sites for hydroxylation is 1. The molecule has 2 rings (SSSR count). The summed E-state index contributed by atoms with van der Waals surface area (Å²) in [4.78, 5) is 28.6. The molecule has 6 nitrogen and oxygen atoms in total. The molecule has 1 fully saturated rings. The van der Waals surface area contributed by atoms with Crippen LogP contribution >= 0.6 is 0 Å². The molecule has 0 aromatic heterocycles. The number of rotatable bonds is 8. The van der Waals surface area contributed by atoms with Crippen LogP contribution in [0.2, 0.25) is 0 Å². The van der Waals surface area contributed by atoms with E-state index in [9.17, 15) is 9.59 Å². The van der Waals surface area contributed by atoms with E-state index in [0.717, 1.165) is 37.2 Å². The Labute approximate surface area is 162 Å². The van der Waals surface area contributed by atoms with Gasteiger partial charge in [0.25, 0.3) is 0 Å². The zero-order valence-electron chi connectivity index (χ0n) is 17.1. The number of benzene rings is 1. The number of hydrogen-bond acceptors (Lipinski definition) is 4. The van der Waals surface area contributed by atoms with Crippen LogP contribution in [0.4, 0.5) is 0 Å². The Morgan fingerprint density at radius 3 is 2.30 bits per heavy atom. The van der Waals surface area contributed by atoms with E-state index >= 15 is 0 Å². The highest BCUT2D eigenvalue weighted by atomic mass is 16.5. The first kappa shape index (κ1) is 21.2. The van der Waals surface area contributed by atoms with Crippen molar-refractivity contribution in [1.82, 2.24) is 15.1 Å². The predicted molar refractivity (Wildman–Crippen MR) is 107 cm³/mol. The number of nitrogens with one attached hydrogen (secondary N) is 1. The fourth-order valence-electron chi connectivity index (χ4n) is 3.07. The zero-order valence-corrected chi connectivity index (χ0v) is 17.1. The van der Waals surface area contributed by atoms with Crippen LogP contribution in [-0.4, -0.2) is 67.0 Å². The van der Waals surface area contributed by atoms with Crippen molar-refractivity contribution in [1.29, 1.82) is 0 Å². The molecule has 0 unspecified atom stereocenters. The molecule has 1 aromatic rings. The lowest BCUT2D eigenvalue weighted by Crippen LogP contribution is -2.53. The highest BCUT2D eigenvalue weighted by molar-refractivity contribution is 5.79. The Morgan fingerprint density at radius 1 is 1.11 bits per heavy atom. The van der Waals surface area contributed by atoms with E-state index in [-0.39, 0.29) is 17.4 Å². The Morgan fingerprint density at radius 2 is 1.74 bits per heavy atom. The van der Waals surface area contributed by atoms with Gasteiger partial charge in [-0.1, -0.05) is 19.1 Å².